The Bertz CT molecular complexity index is 453. The van der Waals surface area contributed by atoms with Crippen LogP contribution in [-0.4, -0.2) is 47.7 Å². The summed E-state index contributed by atoms with van der Waals surface area (Å²) in [6, 6.07) is 0.263. The summed E-state index contributed by atoms with van der Waals surface area (Å²) >= 11 is 0. The lowest BCUT2D eigenvalue weighted by molar-refractivity contribution is -0.385. The molecule has 0 spiro atoms. The minimum absolute atomic E-state index is 0.00353. The third-order valence-corrected chi connectivity index (χ3v) is 2.81. The Morgan fingerprint density at radius 1 is 1.61 bits per heavy atom. The summed E-state index contributed by atoms with van der Waals surface area (Å²) in [5.41, 5.74) is -0.172. The molecule has 2 heterocycles. The average molecular weight is 253 g/mol. The third kappa shape index (κ3) is 2.33. The maximum Gasteiger partial charge on any atom is 0.372 e. The van der Waals surface area contributed by atoms with E-state index in [9.17, 15) is 10.1 Å². The highest BCUT2D eigenvalue weighted by atomic mass is 16.6. The van der Waals surface area contributed by atoms with Crippen LogP contribution >= 0.6 is 0 Å². The zero-order valence-electron chi connectivity index (χ0n) is 10.3. The van der Waals surface area contributed by atoms with Gasteiger partial charge >= 0.3 is 5.69 Å². The van der Waals surface area contributed by atoms with Gasteiger partial charge in [-0.1, -0.05) is 0 Å². The van der Waals surface area contributed by atoms with Crippen molar-refractivity contribution >= 4 is 11.5 Å². The van der Waals surface area contributed by atoms with E-state index in [0.29, 0.717) is 18.9 Å². The Morgan fingerprint density at radius 3 is 3.00 bits per heavy atom. The number of hydrogen-bond acceptors (Lipinski definition) is 7. The van der Waals surface area contributed by atoms with E-state index in [4.69, 9.17) is 4.74 Å². The number of nitrogens with one attached hydrogen (secondary N) is 1. The van der Waals surface area contributed by atoms with Gasteiger partial charge in [-0.25, -0.2) is 4.98 Å². The minimum Gasteiger partial charge on any atom is -0.476 e. The summed E-state index contributed by atoms with van der Waals surface area (Å²) in [5.74, 6) is 0.316. The molecule has 0 aliphatic carbocycles. The van der Waals surface area contributed by atoms with Crippen LogP contribution in [0.3, 0.4) is 0 Å². The molecule has 1 aromatic heterocycles. The second-order valence-electron chi connectivity index (χ2n) is 4.11. The van der Waals surface area contributed by atoms with Crippen LogP contribution in [0.1, 0.15) is 6.92 Å². The smallest absolute Gasteiger partial charge is 0.372 e. The van der Waals surface area contributed by atoms with Crippen molar-refractivity contribution in [1.82, 2.24) is 15.3 Å². The van der Waals surface area contributed by atoms with Gasteiger partial charge in [-0.05, 0) is 6.92 Å². The molecule has 18 heavy (non-hydrogen) atoms. The zero-order valence-corrected chi connectivity index (χ0v) is 10.3. The first-order chi connectivity index (χ1) is 8.63. The van der Waals surface area contributed by atoms with E-state index in [1.807, 2.05) is 11.8 Å². The molecule has 0 bridgehead atoms. The topological polar surface area (TPSA) is 93.4 Å². The molecule has 1 N–H and O–H groups in total. The first-order valence-corrected chi connectivity index (χ1v) is 5.65. The number of aromatic nitrogens is 2. The van der Waals surface area contributed by atoms with Crippen molar-refractivity contribution in [3.63, 3.8) is 0 Å². The summed E-state index contributed by atoms with van der Waals surface area (Å²) in [6.45, 7) is 4.13. The van der Waals surface area contributed by atoms with Gasteiger partial charge in [0.1, 0.15) is 6.33 Å². The maximum absolute atomic E-state index is 11.1. The van der Waals surface area contributed by atoms with Crippen LogP contribution in [0.15, 0.2) is 6.33 Å². The molecule has 1 aromatic rings. The van der Waals surface area contributed by atoms with E-state index >= 15 is 0 Å². The van der Waals surface area contributed by atoms with Gasteiger partial charge in [-0.15, -0.1) is 0 Å². The van der Waals surface area contributed by atoms with Crippen LogP contribution in [-0.2, 0) is 0 Å². The Hall–Kier alpha value is -1.96. The van der Waals surface area contributed by atoms with Gasteiger partial charge in [0.2, 0.25) is 5.82 Å². The van der Waals surface area contributed by atoms with Gasteiger partial charge in [0.05, 0.1) is 12.0 Å². The van der Waals surface area contributed by atoms with E-state index in [-0.39, 0.29) is 17.6 Å². The summed E-state index contributed by atoms with van der Waals surface area (Å²) in [6.07, 6.45) is 1.29. The molecule has 1 saturated heterocycles. The van der Waals surface area contributed by atoms with Crippen LogP contribution in [0.5, 0.6) is 5.88 Å². The Kier molecular flexibility index (Phi) is 3.56. The van der Waals surface area contributed by atoms with Crippen LogP contribution in [0.4, 0.5) is 11.5 Å². The first kappa shape index (κ1) is 12.5. The summed E-state index contributed by atoms with van der Waals surface area (Å²) in [5, 5.41) is 14.4. The van der Waals surface area contributed by atoms with Gasteiger partial charge in [0, 0.05) is 25.7 Å². The molecule has 1 aliphatic rings. The molecular weight excluding hydrogens is 238 g/mol. The lowest BCUT2D eigenvalue weighted by Gasteiger charge is -2.32. The van der Waals surface area contributed by atoms with Crippen LogP contribution in [0.25, 0.3) is 0 Å². The second kappa shape index (κ2) is 5.13. The Morgan fingerprint density at radius 2 is 2.39 bits per heavy atom. The van der Waals surface area contributed by atoms with Crippen LogP contribution in [0, 0.1) is 10.1 Å². The van der Waals surface area contributed by atoms with Gasteiger partial charge in [0.25, 0.3) is 5.88 Å². The van der Waals surface area contributed by atoms with E-state index in [0.717, 1.165) is 6.54 Å². The summed E-state index contributed by atoms with van der Waals surface area (Å²) in [7, 11) is 1.36. The fraction of sp³-hybridized carbons (Fsp3) is 0.600. The molecule has 1 fully saturated rings. The highest BCUT2D eigenvalue weighted by molar-refractivity contribution is 5.63. The molecule has 98 valence electrons. The molecule has 0 saturated carbocycles. The van der Waals surface area contributed by atoms with Crippen molar-refractivity contribution in [3.05, 3.63) is 16.4 Å². The average Bonchev–Trinajstić information content (AvgIpc) is 2.37. The van der Waals surface area contributed by atoms with Gasteiger partial charge < -0.3 is 15.0 Å². The number of rotatable bonds is 3. The van der Waals surface area contributed by atoms with Gasteiger partial charge in [0.15, 0.2) is 0 Å². The first-order valence-electron chi connectivity index (χ1n) is 5.65. The fourth-order valence-electron chi connectivity index (χ4n) is 2.02. The lowest BCUT2D eigenvalue weighted by Crippen LogP contribution is -2.49. The number of nitro groups is 1. The molecule has 0 amide bonds. The van der Waals surface area contributed by atoms with Gasteiger partial charge in [-0.2, -0.15) is 4.98 Å². The molecule has 8 nitrogen and oxygen atoms in total. The quantitative estimate of drug-likeness (QED) is 0.607. The van der Waals surface area contributed by atoms with Gasteiger partial charge in [-0.3, -0.25) is 10.1 Å². The fourth-order valence-corrected chi connectivity index (χ4v) is 2.02. The minimum atomic E-state index is -0.499. The lowest BCUT2D eigenvalue weighted by atomic mass is 10.2. The Balaban J connectivity index is 2.40. The number of nitrogens with zero attached hydrogens (tertiary/aromatic N) is 4. The van der Waals surface area contributed by atoms with Crippen molar-refractivity contribution in [2.45, 2.75) is 13.0 Å². The number of methoxy groups -OCH3 is 1. The highest BCUT2D eigenvalue weighted by Crippen LogP contribution is 2.33. The van der Waals surface area contributed by atoms with Crippen molar-refractivity contribution in [2.24, 2.45) is 0 Å². The van der Waals surface area contributed by atoms with E-state index in [1.165, 1.54) is 13.4 Å². The van der Waals surface area contributed by atoms with E-state index in [2.05, 4.69) is 15.3 Å². The number of anilines is 1. The number of piperazine rings is 1. The third-order valence-electron chi connectivity index (χ3n) is 2.81. The molecule has 8 heteroatoms. The molecule has 2 rings (SSSR count). The van der Waals surface area contributed by atoms with Crippen LogP contribution < -0.4 is 15.0 Å². The molecular formula is C10H15N5O3. The van der Waals surface area contributed by atoms with Crippen molar-refractivity contribution in [1.29, 1.82) is 0 Å². The van der Waals surface area contributed by atoms with E-state index < -0.39 is 4.92 Å². The van der Waals surface area contributed by atoms with Crippen LogP contribution in [0.2, 0.25) is 0 Å². The Labute approximate surface area is 104 Å². The zero-order chi connectivity index (χ0) is 13.1. The predicted molar refractivity (Wildman–Crippen MR) is 64.9 cm³/mol. The van der Waals surface area contributed by atoms with E-state index in [1.54, 1.807) is 0 Å². The SMILES string of the molecule is COc1ncnc(N2CCN[C@@H](C)C2)c1[N+](=O)[O-]. The predicted octanol–water partition coefficient (Wildman–Crippen LogP) is 0.192. The molecule has 0 aromatic carbocycles. The van der Waals surface area contributed by atoms with Crippen molar-refractivity contribution < 1.29 is 9.66 Å². The standard InChI is InChI=1S/C10H15N5O3/c1-7-5-14(4-3-11-7)9-8(15(16)17)10(18-2)13-6-12-9/h6-7,11H,3-5H2,1-2H3/t7-/m0/s1. The summed E-state index contributed by atoms with van der Waals surface area (Å²) in [4.78, 5) is 20.3. The molecule has 1 aliphatic heterocycles. The van der Waals surface area contributed by atoms with Crippen molar-refractivity contribution in [3.8, 4) is 5.88 Å². The number of ether oxygens (including phenoxy) is 1. The molecule has 1 atom stereocenters. The number of hydrogen-bond donors (Lipinski definition) is 1. The normalized spacial score (nSPS) is 19.7. The largest absolute Gasteiger partial charge is 0.476 e. The second-order valence-corrected chi connectivity index (χ2v) is 4.11. The summed E-state index contributed by atoms with van der Waals surface area (Å²) < 4.78 is 4.93. The highest BCUT2D eigenvalue weighted by Gasteiger charge is 2.29. The molecule has 0 unspecified atom stereocenters. The van der Waals surface area contributed by atoms with Crippen molar-refractivity contribution in [2.75, 3.05) is 31.6 Å². The maximum atomic E-state index is 11.1. The molecule has 0 radical (unpaired) electrons. The monoisotopic (exact) mass is 253 g/mol.